The van der Waals surface area contributed by atoms with Crippen LogP contribution in [0.2, 0.25) is 0 Å². The Kier molecular flexibility index (Phi) is 11.7. The maximum Gasteiger partial charge on any atom is 0.321 e. The number of phenolic OH excluding ortho intramolecular Hbond substituents is 1. The second-order valence-electron chi connectivity index (χ2n) is 10.3. The van der Waals surface area contributed by atoms with Crippen molar-refractivity contribution in [2.24, 2.45) is 0 Å². The molecule has 0 spiro atoms. The largest absolute Gasteiger partial charge is 0.508 e. The summed E-state index contributed by atoms with van der Waals surface area (Å²) in [6.07, 6.45) is 3.17. The number of amides is 3. The van der Waals surface area contributed by atoms with E-state index in [1.807, 2.05) is 36.4 Å². The Balaban J connectivity index is 0.000000271. The van der Waals surface area contributed by atoms with Crippen molar-refractivity contribution >= 4 is 35.3 Å². The molecule has 1 atom stereocenters. The molecule has 1 fully saturated rings. The van der Waals surface area contributed by atoms with Crippen molar-refractivity contribution in [3.05, 3.63) is 89.5 Å². The molecule has 3 aromatic carbocycles. The Morgan fingerprint density at radius 1 is 1.09 bits per heavy atom. The molecule has 1 aliphatic rings. The van der Waals surface area contributed by atoms with E-state index in [0.29, 0.717) is 55.4 Å². The molecule has 3 aromatic rings. The van der Waals surface area contributed by atoms with E-state index in [-0.39, 0.29) is 23.6 Å². The summed E-state index contributed by atoms with van der Waals surface area (Å²) in [7, 11) is 0. The number of rotatable bonds is 11. The Hall–Kier alpha value is -4.80. The number of phenols is 1. The summed E-state index contributed by atoms with van der Waals surface area (Å²) in [6.45, 7) is 4.00. The highest BCUT2D eigenvalue weighted by atomic mass is 19.3. The van der Waals surface area contributed by atoms with Crippen molar-refractivity contribution in [2.45, 2.75) is 45.1 Å². The molecule has 1 aliphatic heterocycles. The van der Waals surface area contributed by atoms with E-state index in [9.17, 15) is 28.3 Å². The number of alkyl halides is 2. The molecule has 0 bridgehead atoms. The van der Waals surface area contributed by atoms with Crippen molar-refractivity contribution in [1.82, 2.24) is 15.5 Å². The zero-order chi connectivity index (χ0) is 31.4. The molecule has 43 heavy (non-hydrogen) atoms. The summed E-state index contributed by atoms with van der Waals surface area (Å²) in [5.74, 6) is -4.51. The van der Waals surface area contributed by atoms with Crippen molar-refractivity contribution in [3.63, 3.8) is 0 Å². The van der Waals surface area contributed by atoms with E-state index in [1.54, 1.807) is 36.1 Å². The number of nitrogens with zero attached hydrogens (tertiary/aromatic N) is 1. The summed E-state index contributed by atoms with van der Waals surface area (Å²) in [5, 5.41) is 25.2. The van der Waals surface area contributed by atoms with Gasteiger partial charge in [0.05, 0.1) is 0 Å². The van der Waals surface area contributed by atoms with Crippen LogP contribution in [-0.2, 0) is 16.0 Å². The zero-order valence-electron chi connectivity index (χ0n) is 24.2. The fourth-order valence-electron chi connectivity index (χ4n) is 4.39. The van der Waals surface area contributed by atoms with Crippen LogP contribution >= 0.6 is 0 Å². The van der Waals surface area contributed by atoms with E-state index in [2.05, 4.69) is 16.0 Å². The standard InChI is InChI=1S/C20H22N4O3.C12H15F2NO/c21-13-15-12-17(25)6-7-18(15)23-16-4-1-3-14(11-16)20(27)22-8-10-24-9-2-5-19(24)26;1-9(15-11(16)12(2,13)14)8-10-6-4-3-5-7-10/h1,3-4,6-7,11-13,21,23,25H,2,5,8-10H2,(H,22,27);3-7,9H,8H2,1-2H3,(H,15,16). The molecule has 11 heteroatoms. The number of hydrogen-bond acceptors (Lipinski definition) is 6. The molecular weight excluding hydrogens is 556 g/mol. The first-order valence-electron chi connectivity index (χ1n) is 14.0. The molecular formula is C32H37F2N5O4. The van der Waals surface area contributed by atoms with Crippen LogP contribution in [0.5, 0.6) is 5.75 Å². The highest BCUT2D eigenvalue weighted by Gasteiger charge is 2.32. The van der Waals surface area contributed by atoms with Crippen molar-refractivity contribution < 1.29 is 28.3 Å². The quantitative estimate of drug-likeness (QED) is 0.160. The minimum atomic E-state index is -3.31. The highest BCUT2D eigenvalue weighted by molar-refractivity contribution is 5.95. The number of aromatic hydroxyl groups is 1. The smallest absolute Gasteiger partial charge is 0.321 e. The minimum Gasteiger partial charge on any atom is -0.508 e. The molecule has 1 heterocycles. The Morgan fingerprint density at radius 3 is 2.49 bits per heavy atom. The van der Waals surface area contributed by atoms with E-state index in [0.717, 1.165) is 24.7 Å². The van der Waals surface area contributed by atoms with Crippen molar-refractivity contribution in [3.8, 4) is 5.75 Å². The Morgan fingerprint density at radius 2 is 1.84 bits per heavy atom. The van der Waals surface area contributed by atoms with Crippen LogP contribution in [0.4, 0.5) is 20.2 Å². The average Bonchev–Trinajstić information content (AvgIpc) is 3.38. The predicted octanol–water partition coefficient (Wildman–Crippen LogP) is 4.87. The van der Waals surface area contributed by atoms with Gasteiger partial charge in [-0.3, -0.25) is 14.4 Å². The number of carbonyl (C=O) groups is 3. The molecule has 0 radical (unpaired) electrons. The van der Waals surface area contributed by atoms with Gasteiger partial charge < -0.3 is 31.4 Å². The molecule has 3 amide bonds. The number of likely N-dealkylation sites (tertiary alicyclic amines) is 1. The first-order chi connectivity index (χ1) is 20.5. The number of anilines is 2. The van der Waals surface area contributed by atoms with Gasteiger partial charge in [-0.25, -0.2) is 0 Å². The van der Waals surface area contributed by atoms with Crippen LogP contribution in [-0.4, -0.2) is 65.5 Å². The summed E-state index contributed by atoms with van der Waals surface area (Å²) < 4.78 is 25.2. The lowest BCUT2D eigenvalue weighted by Gasteiger charge is -2.17. The van der Waals surface area contributed by atoms with E-state index in [4.69, 9.17) is 5.41 Å². The zero-order valence-corrected chi connectivity index (χ0v) is 24.2. The van der Waals surface area contributed by atoms with Crippen LogP contribution in [0.15, 0.2) is 72.8 Å². The van der Waals surface area contributed by atoms with Gasteiger partial charge in [-0.2, -0.15) is 8.78 Å². The molecule has 1 saturated heterocycles. The molecule has 4 rings (SSSR count). The third-order valence-corrected chi connectivity index (χ3v) is 6.59. The number of hydrogen-bond donors (Lipinski definition) is 5. The lowest BCUT2D eigenvalue weighted by atomic mass is 10.1. The van der Waals surface area contributed by atoms with Crippen molar-refractivity contribution in [1.29, 1.82) is 5.41 Å². The first-order valence-corrected chi connectivity index (χ1v) is 14.0. The normalized spacial score (nSPS) is 13.4. The Bertz CT molecular complexity index is 1410. The van der Waals surface area contributed by atoms with Crippen molar-refractivity contribution in [2.75, 3.05) is 25.0 Å². The lowest BCUT2D eigenvalue weighted by Crippen LogP contribution is -2.43. The van der Waals surface area contributed by atoms with Gasteiger partial charge >= 0.3 is 5.92 Å². The summed E-state index contributed by atoms with van der Waals surface area (Å²) in [4.78, 5) is 36.7. The second kappa shape index (κ2) is 15.4. The number of halogens is 2. The average molecular weight is 594 g/mol. The summed E-state index contributed by atoms with van der Waals surface area (Å²) in [5.41, 5.74) is 3.41. The fourth-order valence-corrected chi connectivity index (χ4v) is 4.39. The van der Waals surface area contributed by atoms with E-state index < -0.39 is 11.8 Å². The van der Waals surface area contributed by atoms with Gasteiger partial charge in [0.2, 0.25) is 5.91 Å². The Labute approximate surface area is 249 Å². The minimum absolute atomic E-state index is 0.0867. The van der Waals surface area contributed by atoms with Gasteiger partial charge in [0.25, 0.3) is 11.8 Å². The number of benzene rings is 3. The van der Waals surface area contributed by atoms with Gasteiger partial charge in [-0.05, 0) is 61.7 Å². The third kappa shape index (κ3) is 10.5. The maximum absolute atomic E-state index is 12.6. The predicted molar refractivity (Wildman–Crippen MR) is 162 cm³/mol. The van der Waals surface area contributed by atoms with Gasteiger partial charge in [0, 0.05) is 67.7 Å². The van der Waals surface area contributed by atoms with E-state index in [1.165, 1.54) is 12.1 Å². The molecule has 1 unspecified atom stereocenters. The molecule has 9 nitrogen and oxygen atoms in total. The first kappa shape index (κ1) is 32.7. The molecule has 0 aromatic heterocycles. The number of nitrogens with one attached hydrogen (secondary N) is 4. The van der Waals surface area contributed by atoms with Crippen LogP contribution < -0.4 is 16.0 Å². The van der Waals surface area contributed by atoms with Crippen LogP contribution in [0, 0.1) is 5.41 Å². The number of carbonyl (C=O) groups excluding carboxylic acids is 3. The van der Waals surface area contributed by atoms with Crippen LogP contribution in [0.25, 0.3) is 0 Å². The summed E-state index contributed by atoms with van der Waals surface area (Å²) >= 11 is 0. The molecule has 5 N–H and O–H groups in total. The lowest BCUT2D eigenvalue weighted by molar-refractivity contribution is -0.143. The monoisotopic (exact) mass is 593 g/mol. The van der Waals surface area contributed by atoms with Crippen LogP contribution in [0.3, 0.4) is 0 Å². The van der Waals surface area contributed by atoms with Gasteiger partial charge in [-0.15, -0.1) is 0 Å². The molecule has 228 valence electrons. The maximum atomic E-state index is 12.6. The molecule has 0 aliphatic carbocycles. The topological polar surface area (TPSA) is 135 Å². The van der Waals surface area contributed by atoms with Crippen LogP contribution in [0.1, 0.15) is 48.2 Å². The van der Waals surface area contributed by atoms with Gasteiger partial charge in [0.1, 0.15) is 5.75 Å². The summed E-state index contributed by atoms with van der Waals surface area (Å²) in [6, 6.07) is 20.8. The van der Waals surface area contributed by atoms with E-state index >= 15 is 0 Å². The SMILES string of the molecule is CC(Cc1ccccc1)NC(=O)C(C)(F)F.N=Cc1cc(O)ccc1Nc1cccc(C(=O)NCCN2CCCC2=O)c1. The highest BCUT2D eigenvalue weighted by Crippen LogP contribution is 2.24. The fraction of sp³-hybridized carbons (Fsp3) is 0.312. The van der Waals surface area contributed by atoms with Gasteiger partial charge in [-0.1, -0.05) is 36.4 Å². The van der Waals surface area contributed by atoms with Gasteiger partial charge in [0.15, 0.2) is 0 Å². The molecule has 0 saturated carbocycles. The third-order valence-electron chi connectivity index (χ3n) is 6.59. The second-order valence-corrected chi connectivity index (χ2v) is 10.3.